The van der Waals surface area contributed by atoms with Gasteiger partial charge in [0, 0.05) is 16.5 Å². The van der Waals surface area contributed by atoms with Gasteiger partial charge in [-0.2, -0.15) is 0 Å². The number of benzene rings is 7. The van der Waals surface area contributed by atoms with Crippen molar-refractivity contribution in [3.8, 4) is 27.9 Å². The Morgan fingerprint density at radius 2 is 0.878 bits per heavy atom. The summed E-state index contributed by atoms with van der Waals surface area (Å²) in [5, 5.41) is 3.50. The molecule has 7 aromatic carbocycles. The number of fused-ring (bicyclic) bond motifs is 11. The lowest BCUT2D eigenvalue weighted by Gasteiger charge is -2.22. The van der Waals surface area contributed by atoms with E-state index in [9.17, 15) is 0 Å². The average molecular weight is 623 g/mol. The Labute approximate surface area is 283 Å². The monoisotopic (exact) mass is 622 g/mol. The van der Waals surface area contributed by atoms with Crippen molar-refractivity contribution in [2.45, 2.75) is 0 Å². The lowest BCUT2D eigenvalue weighted by molar-refractivity contribution is 0.645. The average Bonchev–Trinajstić information content (AvgIpc) is 3.89. The normalized spacial score (nSPS) is 13.2. The zero-order valence-electron chi connectivity index (χ0n) is 26.5. The standard InChI is InChI=1S/C47H28NO/c1-5-17-35-31(13-1)32-14-2-6-18-36(32)44(35)43(45-37-19-7-3-15-33(37)34-16-4-8-20-38(34)45)29-25-27-30(28-26-29)48-41-23-11-9-21-39(41)46-40-22-10-12-24-42(40)49-47(46)48/h1-28H. The Morgan fingerprint density at radius 3 is 1.49 bits per heavy atom. The van der Waals surface area contributed by atoms with Gasteiger partial charge in [-0.25, -0.2) is 0 Å². The van der Waals surface area contributed by atoms with Crippen LogP contribution in [0.5, 0.6) is 0 Å². The molecule has 2 aliphatic carbocycles. The molecule has 2 heterocycles. The molecule has 0 amide bonds. The van der Waals surface area contributed by atoms with E-state index in [0.717, 1.165) is 33.3 Å². The molecule has 0 aliphatic heterocycles. The zero-order chi connectivity index (χ0) is 32.1. The molecular formula is C47H28NO. The molecule has 2 aliphatic rings. The molecule has 2 aromatic heterocycles. The minimum Gasteiger partial charge on any atom is -0.439 e. The smallest absolute Gasteiger partial charge is 0.213 e. The summed E-state index contributed by atoms with van der Waals surface area (Å²) in [4.78, 5) is 0. The summed E-state index contributed by atoms with van der Waals surface area (Å²) in [5.74, 6) is 1.28. The first kappa shape index (κ1) is 26.7. The van der Waals surface area contributed by atoms with E-state index in [1.165, 1.54) is 72.5 Å². The zero-order valence-corrected chi connectivity index (χ0v) is 26.5. The molecule has 0 saturated carbocycles. The summed E-state index contributed by atoms with van der Waals surface area (Å²) >= 11 is 0. The summed E-state index contributed by atoms with van der Waals surface area (Å²) in [5.41, 5.74) is 18.0. The fourth-order valence-corrected chi connectivity index (χ4v) is 8.46. The predicted molar refractivity (Wildman–Crippen MR) is 202 cm³/mol. The molecule has 2 nitrogen and oxygen atoms in total. The lowest BCUT2D eigenvalue weighted by atomic mass is 9.80. The van der Waals surface area contributed by atoms with Crippen LogP contribution in [0.2, 0.25) is 0 Å². The Bertz CT molecular complexity index is 2730. The van der Waals surface area contributed by atoms with Gasteiger partial charge in [-0.15, -0.1) is 0 Å². The van der Waals surface area contributed by atoms with E-state index in [-0.39, 0.29) is 0 Å². The third kappa shape index (κ3) is 3.66. The highest BCUT2D eigenvalue weighted by Gasteiger charge is 2.37. The molecular weight excluding hydrogens is 595 g/mol. The van der Waals surface area contributed by atoms with Gasteiger partial charge >= 0.3 is 0 Å². The van der Waals surface area contributed by atoms with E-state index in [0.29, 0.717) is 0 Å². The highest BCUT2D eigenvalue weighted by atomic mass is 16.3. The van der Waals surface area contributed by atoms with Gasteiger partial charge in [-0.3, -0.25) is 4.57 Å². The van der Waals surface area contributed by atoms with Gasteiger partial charge in [0.25, 0.3) is 0 Å². The van der Waals surface area contributed by atoms with Crippen LogP contribution in [0.25, 0.3) is 72.1 Å². The van der Waals surface area contributed by atoms with Crippen molar-refractivity contribution in [1.82, 2.24) is 4.57 Å². The van der Waals surface area contributed by atoms with Gasteiger partial charge in [-0.05, 0) is 85.5 Å². The number of aromatic nitrogens is 1. The third-order valence-corrected chi connectivity index (χ3v) is 10.5. The summed E-state index contributed by atoms with van der Waals surface area (Å²) in [6.07, 6.45) is 0. The van der Waals surface area contributed by atoms with Crippen molar-refractivity contribution in [1.29, 1.82) is 0 Å². The summed E-state index contributed by atoms with van der Waals surface area (Å²) in [7, 11) is 0. The largest absolute Gasteiger partial charge is 0.439 e. The Kier molecular flexibility index (Phi) is 5.47. The fourth-order valence-electron chi connectivity index (χ4n) is 8.46. The molecule has 0 saturated heterocycles. The van der Waals surface area contributed by atoms with Crippen molar-refractivity contribution in [3.63, 3.8) is 0 Å². The van der Waals surface area contributed by atoms with Gasteiger partial charge in [0.2, 0.25) is 5.71 Å². The summed E-state index contributed by atoms with van der Waals surface area (Å²) in [6.45, 7) is 0. The van der Waals surface area contributed by atoms with Crippen molar-refractivity contribution in [3.05, 3.63) is 204 Å². The predicted octanol–water partition coefficient (Wildman–Crippen LogP) is 12.1. The van der Waals surface area contributed by atoms with Crippen LogP contribution >= 0.6 is 0 Å². The van der Waals surface area contributed by atoms with E-state index in [2.05, 4.69) is 168 Å². The van der Waals surface area contributed by atoms with Crippen LogP contribution in [0.15, 0.2) is 174 Å². The van der Waals surface area contributed by atoms with Crippen LogP contribution < -0.4 is 0 Å². The number of hydrogen-bond donors (Lipinski definition) is 0. The van der Waals surface area contributed by atoms with Crippen molar-refractivity contribution in [2.75, 3.05) is 0 Å². The van der Waals surface area contributed by atoms with Crippen LogP contribution in [0, 0.1) is 5.92 Å². The topological polar surface area (TPSA) is 18.1 Å². The van der Waals surface area contributed by atoms with Crippen LogP contribution in [0.1, 0.15) is 27.8 Å². The number of hydrogen-bond acceptors (Lipinski definition) is 1. The van der Waals surface area contributed by atoms with E-state index in [1.54, 1.807) is 0 Å². The summed E-state index contributed by atoms with van der Waals surface area (Å²) < 4.78 is 8.84. The minimum atomic E-state index is 0.875. The second-order valence-corrected chi connectivity index (χ2v) is 13.0. The molecule has 2 heteroatoms. The molecule has 227 valence electrons. The second kappa shape index (κ2) is 10.1. The maximum atomic E-state index is 6.57. The maximum Gasteiger partial charge on any atom is 0.213 e. The molecule has 0 bridgehead atoms. The van der Waals surface area contributed by atoms with E-state index < -0.39 is 0 Å². The van der Waals surface area contributed by atoms with Crippen molar-refractivity contribution < 1.29 is 4.42 Å². The van der Waals surface area contributed by atoms with Crippen LogP contribution in [-0.2, 0) is 0 Å². The molecule has 1 radical (unpaired) electrons. The number of nitrogens with zero attached hydrogens (tertiary/aromatic N) is 1. The van der Waals surface area contributed by atoms with Gasteiger partial charge in [0.05, 0.1) is 16.8 Å². The quantitative estimate of drug-likeness (QED) is 0.192. The van der Waals surface area contributed by atoms with Crippen LogP contribution in [-0.4, -0.2) is 4.57 Å². The molecule has 9 aromatic rings. The highest BCUT2D eigenvalue weighted by molar-refractivity contribution is 6.20. The van der Waals surface area contributed by atoms with Gasteiger partial charge in [-0.1, -0.05) is 146 Å². The highest BCUT2D eigenvalue weighted by Crippen LogP contribution is 2.56. The lowest BCUT2D eigenvalue weighted by Crippen LogP contribution is -2.06. The van der Waals surface area contributed by atoms with Gasteiger partial charge in [0.1, 0.15) is 5.58 Å². The van der Waals surface area contributed by atoms with E-state index >= 15 is 0 Å². The molecule has 0 spiro atoms. The second-order valence-electron chi connectivity index (χ2n) is 13.0. The Morgan fingerprint density at radius 1 is 0.408 bits per heavy atom. The Balaban J connectivity index is 1.19. The third-order valence-electron chi connectivity index (χ3n) is 10.5. The van der Waals surface area contributed by atoms with Crippen molar-refractivity contribution in [2.24, 2.45) is 0 Å². The molecule has 0 atom stereocenters. The number of para-hydroxylation sites is 2. The molecule has 11 rings (SSSR count). The first-order chi connectivity index (χ1) is 24.3. The molecule has 0 unspecified atom stereocenters. The van der Waals surface area contributed by atoms with E-state index in [4.69, 9.17) is 4.42 Å². The minimum absolute atomic E-state index is 0.875. The van der Waals surface area contributed by atoms with E-state index in [1.807, 2.05) is 6.07 Å². The maximum absolute atomic E-state index is 6.57. The van der Waals surface area contributed by atoms with Gasteiger partial charge in [0.15, 0.2) is 0 Å². The molecule has 0 fully saturated rings. The number of allylic oxidation sites excluding steroid dienone is 1. The first-order valence-corrected chi connectivity index (χ1v) is 16.9. The number of rotatable bonds is 3. The van der Waals surface area contributed by atoms with Gasteiger partial charge < -0.3 is 4.42 Å². The number of furan rings is 1. The summed E-state index contributed by atoms with van der Waals surface area (Å²) in [6, 6.07) is 61.6. The molecule has 0 N–H and O–H groups in total. The van der Waals surface area contributed by atoms with Crippen LogP contribution in [0.4, 0.5) is 0 Å². The first-order valence-electron chi connectivity index (χ1n) is 16.9. The Hall–Kier alpha value is -6.38. The molecule has 49 heavy (non-hydrogen) atoms. The fraction of sp³-hybridized carbons (Fsp3) is 0. The van der Waals surface area contributed by atoms with Crippen molar-refractivity contribution >= 4 is 44.1 Å². The SMILES string of the molecule is c1ccc2c(c1)[C](C(=C1c3ccccc3-c3ccccc31)c1ccc(-n3c4ccccc4c4c5ccccc5oc43)cc1)c1ccccc1-2. The van der Waals surface area contributed by atoms with Crippen LogP contribution in [0.3, 0.4) is 0 Å².